The Morgan fingerprint density at radius 1 is 0.788 bits per heavy atom. The van der Waals surface area contributed by atoms with E-state index in [1.54, 1.807) is 48.5 Å². The van der Waals surface area contributed by atoms with E-state index in [1.807, 2.05) is 30.3 Å². The van der Waals surface area contributed by atoms with Crippen molar-refractivity contribution in [2.24, 2.45) is 0 Å². The molecule has 0 saturated heterocycles. The molecule has 4 rings (SSSR count). The molecule has 2 amide bonds. The highest BCUT2D eigenvalue weighted by Gasteiger charge is 2.16. The van der Waals surface area contributed by atoms with Crippen LogP contribution < -0.4 is 16.2 Å². The first-order valence-corrected chi connectivity index (χ1v) is 10.5. The number of amides is 2. The number of nitrogens with zero attached hydrogens (tertiary/aromatic N) is 2. The summed E-state index contributed by atoms with van der Waals surface area (Å²) in [4.78, 5) is 37.9. The normalized spacial score (nSPS) is 10.5. The van der Waals surface area contributed by atoms with Crippen molar-refractivity contribution in [3.8, 4) is 0 Å². The van der Waals surface area contributed by atoms with Gasteiger partial charge in [-0.15, -0.1) is 0 Å². The van der Waals surface area contributed by atoms with Gasteiger partial charge in [0.15, 0.2) is 0 Å². The van der Waals surface area contributed by atoms with Crippen molar-refractivity contribution < 1.29 is 9.59 Å². The van der Waals surface area contributed by atoms with Gasteiger partial charge in [0.05, 0.1) is 17.8 Å². The summed E-state index contributed by atoms with van der Waals surface area (Å²) < 4.78 is 1.23. The number of rotatable bonds is 6. The summed E-state index contributed by atoms with van der Waals surface area (Å²) in [6.07, 6.45) is 0. The topological polar surface area (TPSA) is 93.1 Å². The predicted octanol–water partition coefficient (Wildman–Crippen LogP) is 4.45. The second-order valence-corrected chi connectivity index (χ2v) is 7.60. The van der Waals surface area contributed by atoms with Crippen molar-refractivity contribution in [2.75, 3.05) is 10.6 Å². The quantitative estimate of drug-likeness (QED) is 0.446. The highest BCUT2D eigenvalue weighted by atomic mass is 35.5. The molecule has 0 aliphatic carbocycles. The molecule has 33 heavy (non-hydrogen) atoms. The highest BCUT2D eigenvalue weighted by Crippen LogP contribution is 2.19. The van der Waals surface area contributed by atoms with E-state index in [0.29, 0.717) is 16.4 Å². The molecule has 0 aliphatic rings. The first kappa shape index (κ1) is 22.0. The predicted molar refractivity (Wildman–Crippen MR) is 128 cm³/mol. The van der Waals surface area contributed by atoms with Crippen molar-refractivity contribution in [2.45, 2.75) is 6.54 Å². The number of hydrogen-bond acceptors (Lipinski definition) is 4. The van der Waals surface area contributed by atoms with Crippen LogP contribution in [-0.4, -0.2) is 21.6 Å². The number of aromatic nitrogens is 2. The number of benzene rings is 3. The van der Waals surface area contributed by atoms with Crippen LogP contribution in [0.3, 0.4) is 0 Å². The van der Waals surface area contributed by atoms with Crippen LogP contribution >= 0.6 is 11.6 Å². The van der Waals surface area contributed by atoms with Crippen molar-refractivity contribution in [3.05, 3.63) is 123 Å². The fourth-order valence-corrected chi connectivity index (χ4v) is 3.27. The zero-order valence-corrected chi connectivity index (χ0v) is 18.1. The van der Waals surface area contributed by atoms with Gasteiger partial charge in [0, 0.05) is 16.8 Å². The van der Waals surface area contributed by atoms with Crippen molar-refractivity contribution in [1.29, 1.82) is 0 Å². The summed E-state index contributed by atoms with van der Waals surface area (Å²) >= 11 is 5.88. The lowest BCUT2D eigenvalue weighted by atomic mass is 10.1. The number of carbonyl (C=O) groups is 2. The fourth-order valence-electron chi connectivity index (χ4n) is 3.15. The van der Waals surface area contributed by atoms with Gasteiger partial charge in [-0.2, -0.15) is 5.10 Å². The first-order valence-electron chi connectivity index (χ1n) is 10.1. The lowest BCUT2D eigenvalue weighted by Crippen LogP contribution is -2.27. The second kappa shape index (κ2) is 9.93. The summed E-state index contributed by atoms with van der Waals surface area (Å²) in [5, 5.41) is 10.2. The summed E-state index contributed by atoms with van der Waals surface area (Å²) in [6, 6.07) is 25.3. The Bertz CT molecular complexity index is 1350. The van der Waals surface area contributed by atoms with E-state index >= 15 is 0 Å². The van der Waals surface area contributed by atoms with Crippen LogP contribution in [0.4, 0.5) is 11.4 Å². The van der Waals surface area contributed by atoms with Gasteiger partial charge in [-0.1, -0.05) is 54.1 Å². The molecule has 164 valence electrons. The minimum absolute atomic E-state index is 0.0541. The molecule has 3 aromatic carbocycles. The Hall–Kier alpha value is -4.23. The molecular weight excluding hydrogens is 440 g/mol. The van der Waals surface area contributed by atoms with Gasteiger partial charge in [0.1, 0.15) is 5.69 Å². The molecule has 0 radical (unpaired) electrons. The van der Waals surface area contributed by atoms with Crippen LogP contribution in [0.5, 0.6) is 0 Å². The summed E-state index contributed by atoms with van der Waals surface area (Å²) in [7, 11) is 0. The Kier molecular flexibility index (Phi) is 6.61. The van der Waals surface area contributed by atoms with Crippen LogP contribution in [0, 0.1) is 0 Å². The summed E-state index contributed by atoms with van der Waals surface area (Å²) in [5.74, 6) is -0.932. The molecule has 1 aromatic heterocycles. The average molecular weight is 459 g/mol. The third-order valence-corrected chi connectivity index (χ3v) is 5.05. The average Bonchev–Trinajstić information content (AvgIpc) is 2.83. The van der Waals surface area contributed by atoms with E-state index in [0.717, 1.165) is 5.56 Å². The van der Waals surface area contributed by atoms with Crippen LogP contribution in [0.2, 0.25) is 5.02 Å². The van der Waals surface area contributed by atoms with Gasteiger partial charge in [0.25, 0.3) is 17.4 Å². The smallest absolute Gasteiger partial charge is 0.276 e. The third kappa shape index (κ3) is 5.53. The van der Waals surface area contributed by atoms with Gasteiger partial charge < -0.3 is 10.6 Å². The van der Waals surface area contributed by atoms with Crippen molar-refractivity contribution >= 4 is 34.8 Å². The first-order chi connectivity index (χ1) is 16.0. The van der Waals surface area contributed by atoms with Gasteiger partial charge in [-0.05, 0) is 48.0 Å². The summed E-state index contributed by atoms with van der Waals surface area (Å²) in [6.45, 7) is 0.237. The van der Waals surface area contributed by atoms with Crippen LogP contribution in [0.15, 0.2) is 95.8 Å². The van der Waals surface area contributed by atoms with E-state index in [9.17, 15) is 14.4 Å². The second-order valence-electron chi connectivity index (χ2n) is 7.16. The maximum atomic E-state index is 12.9. The number of carbonyl (C=O) groups excluding carboxylic acids is 2. The number of anilines is 2. The van der Waals surface area contributed by atoms with Gasteiger partial charge >= 0.3 is 0 Å². The third-order valence-electron chi connectivity index (χ3n) is 4.80. The SMILES string of the molecule is O=C(Nc1ccccc1C(=O)Nc1ccc(Cl)cc1)c1ccc(=O)n(Cc2ccccc2)n1. The van der Waals surface area contributed by atoms with Crippen LogP contribution in [0.25, 0.3) is 0 Å². The summed E-state index contributed by atoms with van der Waals surface area (Å²) in [5.41, 5.74) is 1.78. The lowest BCUT2D eigenvalue weighted by Gasteiger charge is -2.12. The Labute approximate surface area is 194 Å². The number of nitrogens with one attached hydrogen (secondary N) is 2. The van der Waals surface area contributed by atoms with E-state index < -0.39 is 11.8 Å². The monoisotopic (exact) mass is 458 g/mol. The molecule has 0 saturated carbocycles. The van der Waals surface area contributed by atoms with E-state index in [2.05, 4.69) is 15.7 Å². The van der Waals surface area contributed by atoms with Gasteiger partial charge in [0.2, 0.25) is 0 Å². The minimum Gasteiger partial charge on any atom is -0.322 e. The molecule has 0 atom stereocenters. The van der Waals surface area contributed by atoms with Gasteiger partial charge in [-0.3, -0.25) is 14.4 Å². The van der Waals surface area contributed by atoms with Crippen molar-refractivity contribution in [3.63, 3.8) is 0 Å². The zero-order chi connectivity index (χ0) is 23.2. The highest BCUT2D eigenvalue weighted by molar-refractivity contribution is 6.30. The molecule has 8 heteroatoms. The number of para-hydroxylation sites is 1. The van der Waals surface area contributed by atoms with Crippen LogP contribution in [0.1, 0.15) is 26.4 Å². The number of halogens is 1. The maximum absolute atomic E-state index is 12.9. The Morgan fingerprint density at radius 2 is 1.48 bits per heavy atom. The van der Waals surface area contributed by atoms with E-state index in [4.69, 9.17) is 11.6 Å². The van der Waals surface area contributed by atoms with E-state index in [1.165, 1.54) is 16.8 Å². The molecule has 7 nitrogen and oxygen atoms in total. The maximum Gasteiger partial charge on any atom is 0.276 e. The molecule has 1 heterocycles. The molecular formula is C25H19ClN4O3. The molecule has 0 fully saturated rings. The molecule has 4 aromatic rings. The Balaban J connectivity index is 1.53. The minimum atomic E-state index is -0.538. The fraction of sp³-hybridized carbons (Fsp3) is 0.0400. The molecule has 0 unspecified atom stereocenters. The zero-order valence-electron chi connectivity index (χ0n) is 17.4. The molecule has 2 N–H and O–H groups in total. The molecule has 0 spiro atoms. The van der Waals surface area contributed by atoms with Crippen LogP contribution in [-0.2, 0) is 6.54 Å². The van der Waals surface area contributed by atoms with Crippen molar-refractivity contribution in [1.82, 2.24) is 9.78 Å². The molecule has 0 bridgehead atoms. The standard InChI is InChI=1S/C25H19ClN4O3/c26-18-10-12-19(13-11-18)27-24(32)20-8-4-5-9-21(20)28-25(33)22-14-15-23(31)30(29-22)16-17-6-2-1-3-7-17/h1-15H,16H2,(H,27,32)(H,28,33). The van der Waals surface area contributed by atoms with E-state index in [-0.39, 0.29) is 23.4 Å². The lowest BCUT2D eigenvalue weighted by molar-refractivity contribution is 0.102. The largest absolute Gasteiger partial charge is 0.322 e. The van der Waals surface area contributed by atoms with Gasteiger partial charge in [-0.25, -0.2) is 4.68 Å². The Morgan fingerprint density at radius 3 is 2.24 bits per heavy atom. The molecule has 0 aliphatic heterocycles. The number of hydrogen-bond donors (Lipinski definition) is 2.